The van der Waals surface area contributed by atoms with Crippen molar-refractivity contribution in [2.45, 2.75) is 6.61 Å². The van der Waals surface area contributed by atoms with E-state index in [2.05, 4.69) is 4.98 Å². The molecule has 0 atom stereocenters. The van der Waals surface area contributed by atoms with Gasteiger partial charge in [0.25, 0.3) is 0 Å². The number of benzene rings is 1. The minimum Gasteiger partial charge on any atom is -0.495 e. The van der Waals surface area contributed by atoms with Crippen molar-refractivity contribution < 1.29 is 9.47 Å². The van der Waals surface area contributed by atoms with Crippen LogP contribution in [0.25, 0.3) is 10.4 Å². The van der Waals surface area contributed by atoms with Gasteiger partial charge in [0.15, 0.2) is 0 Å². The standard InChI is InChI=1S/C11H8ClNO2S/c1-14-9-3-7-6(2-8(9)12)4-15-11-10(7)16-5-13-11/h2-3,5H,4H2,1H3. The van der Waals surface area contributed by atoms with E-state index in [9.17, 15) is 0 Å². The Hall–Kier alpha value is -1.26. The molecule has 3 rings (SSSR count). The number of aromatic nitrogens is 1. The van der Waals surface area contributed by atoms with E-state index in [0.29, 0.717) is 23.3 Å². The molecule has 5 heteroatoms. The third-order valence-electron chi connectivity index (χ3n) is 2.52. The summed E-state index contributed by atoms with van der Waals surface area (Å²) in [4.78, 5) is 5.19. The molecule has 0 fully saturated rings. The smallest absolute Gasteiger partial charge is 0.232 e. The second-order valence-corrected chi connectivity index (χ2v) is 4.68. The van der Waals surface area contributed by atoms with Gasteiger partial charge in [-0.15, -0.1) is 11.3 Å². The van der Waals surface area contributed by atoms with E-state index in [0.717, 1.165) is 16.0 Å². The number of methoxy groups -OCH3 is 1. The van der Waals surface area contributed by atoms with Crippen LogP contribution in [0.4, 0.5) is 0 Å². The zero-order valence-electron chi connectivity index (χ0n) is 8.49. The van der Waals surface area contributed by atoms with Crippen LogP contribution in [0.1, 0.15) is 5.56 Å². The Morgan fingerprint density at radius 1 is 1.50 bits per heavy atom. The summed E-state index contributed by atoms with van der Waals surface area (Å²) in [7, 11) is 1.61. The van der Waals surface area contributed by atoms with Gasteiger partial charge in [0, 0.05) is 5.56 Å². The summed E-state index contributed by atoms with van der Waals surface area (Å²) in [6, 6.07) is 3.83. The molecule has 1 aliphatic rings. The number of rotatable bonds is 1. The molecule has 1 aromatic heterocycles. The van der Waals surface area contributed by atoms with Crippen LogP contribution in [-0.4, -0.2) is 12.1 Å². The number of fused-ring (bicyclic) bond motifs is 3. The molecule has 0 radical (unpaired) electrons. The number of hydrogen-bond donors (Lipinski definition) is 0. The highest BCUT2D eigenvalue weighted by molar-refractivity contribution is 7.13. The number of hydrogen-bond acceptors (Lipinski definition) is 4. The second-order valence-electron chi connectivity index (χ2n) is 3.42. The van der Waals surface area contributed by atoms with Crippen molar-refractivity contribution in [1.29, 1.82) is 0 Å². The largest absolute Gasteiger partial charge is 0.495 e. The summed E-state index contributed by atoms with van der Waals surface area (Å²) in [5.74, 6) is 1.38. The van der Waals surface area contributed by atoms with Crippen LogP contribution in [0.5, 0.6) is 11.6 Å². The van der Waals surface area contributed by atoms with Crippen molar-refractivity contribution in [2.24, 2.45) is 0 Å². The molecule has 2 heterocycles. The molecule has 0 saturated carbocycles. The molecule has 0 saturated heterocycles. The van der Waals surface area contributed by atoms with Gasteiger partial charge >= 0.3 is 0 Å². The van der Waals surface area contributed by atoms with Crippen LogP contribution >= 0.6 is 22.9 Å². The molecule has 3 nitrogen and oxygen atoms in total. The number of halogens is 1. The number of ether oxygens (including phenoxy) is 2. The van der Waals surface area contributed by atoms with Crippen LogP contribution in [0.15, 0.2) is 17.6 Å². The highest BCUT2D eigenvalue weighted by Crippen LogP contribution is 2.43. The molecule has 0 N–H and O–H groups in total. The molecule has 0 spiro atoms. The Morgan fingerprint density at radius 2 is 2.38 bits per heavy atom. The first-order valence-electron chi connectivity index (χ1n) is 4.72. The summed E-state index contributed by atoms with van der Waals surface area (Å²) in [5, 5.41) is 0.609. The van der Waals surface area contributed by atoms with Crippen molar-refractivity contribution in [3.63, 3.8) is 0 Å². The Kier molecular flexibility index (Phi) is 2.26. The van der Waals surface area contributed by atoms with E-state index in [1.165, 1.54) is 0 Å². The third-order valence-corrected chi connectivity index (χ3v) is 3.66. The number of thiazole rings is 1. The van der Waals surface area contributed by atoms with E-state index >= 15 is 0 Å². The molecule has 16 heavy (non-hydrogen) atoms. The van der Waals surface area contributed by atoms with Gasteiger partial charge in [0.05, 0.1) is 22.5 Å². The minimum absolute atomic E-state index is 0.510. The fourth-order valence-electron chi connectivity index (χ4n) is 1.75. The quantitative estimate of drug-likeness (QED) is 0.781. The Labute approximate surface area is 102 Å². The van der Waals surface area contributed by atoms with E-state index in [4.69, 9.17) is 21.1 Å². The first-order chi connectivity index (χ1) is 7.79. The highest BCUT2D eigenvalue weighted by atomic mass is 35.5. The average Bonchev–Trinajstić information content (AvgIpc) is 2.76. The highest BCUT2D eigenvalue weighted by Gasteiger charge is 2.21. The van der Waals surface area contributed by atoms with Gasteiger partial charge in [-0.1, -0.05) is 11.6 Å². The molecule has 0 aliphatic carbocycles. The fraction of sp³-hybridized carbons (Fsp3) is 0.182. The molecule has 1 aliphatic heterocycles. The van der Waals surface area contributed by atoms with Gasteiger partial charge in [0.2, 0.25) is 5.88 Å². The SMILES string of the molecule is COc1cc2c(cc1Cl)COc1ncsc1-2. The van der Waals surface area contributed by atoms with Gasteiger partial charge in [0.1, 0.15) is 12.4 Å². The lowest BCUT2D eigenvalue weighted by Crippen LogP contribution is -2.04. The summed E-state index contributed by atoms with van der Waals surface area (Å²) < 4.78 is 10.7. The lowest BCUT2D eigenvalue weighted by atomic mass is 10.0. The van der Waals surface area contributed by atoms with Crippen LogP contribution in [0.2, 0.25) is 5.02 Å². The van der Waals surface area contributed by atoms with E-state index in [1.807, 2.05) is 12.1 Å². The molecule has 2 aromatic rings. The van der Waals surface area contributed by atoms with Gasteiger partial charge < -0.3 is 9.47 Å². The van der Waals surface area contributed by atoms with E-state index in [1.54, 1.807) is 24.0 Å². The lowest BCUT2D eigenvalue weighted by molar-refractivity contribution is 0.292. The molecule has 0 bridgehead atoms. The Bertz CT molecular complexity index is 553. The average molecular weight is 254 g/mol. The summed E-state index contributed by atoms with van der Waals surface area (Å²) in [6.07, 6.45) is 0. The van der Waals surface area contributed by atoms with Crippen LogP contribution in [0, 0.1) is 0 Å². The van der Waals surface area contributed by atoms with Crippen molar-refractivity contribution in [3.8, 4) is 22.1 Å². The maximum Gasteiger partial charge on any atom is 0.232 e. The topological polar surface area (TPSA) is 31.4 Å². The molecule has 0 amide bonds. The summed E-state index contributed by atoms with van der Waals surface area (Å²) in [6.45, 7) is 0.510. The van der Waals surface area contributed by atoms with Gasteiger partial charge in [-0.05, 0) is 17.7 Å². The monoisotopic (exact) mass is 253 g/mol. The van der Waals surface area contributed by atoms with Gasteiger partial charge in [-0.3, -0.25) is 0 Å². The summed E-state index contributed by atoms with van der Waals surface area (Å²) >= 11 is 7.63. The Balaban J connectivity index is 2.24. The summed E-state index contributed by atoms with van der Waals surface area (Å²) in [5.41, 5.74) is 3.95. The van der Waals surface area contributed by atoms with Gasteiger partial charge in [-0.2, -0.15) is 0 Å². The maximum atomic E-state index is 6.07. The first-order valence-corrected chi connectivity index (χ1v) is 5.98. The molecule has 1 aromatic carbocycles. The zero-order valence-corrected chi connectivity index (χ0v) is 10.1. The van der Waals surface area contributed by atoms with Crippen molar-refractivity contribution in [3.05, 3.63) is 28.2 Å². The zero-order chi connectivity index (χ0) is 11.1. The molecular formula is C11H8ClNO2S. The van der Waals surface area contributed by atoms with Crippen molar-refractivity contribution in [1.82, 2.24) is 4.98 Å². The first kappa shape index (κ1) is 9.93. The molecule has 0 unspecified atom stereocenters. The second kappa shape index (κ2) is 3.64. The van der Waals surface area contributed by atoms with Crippen LogP contribution in [-0.2, 0) is 6.61 Å². The lowest BCUT2D eigenvalue weighted by Gasteiger charge is -2.17. The maximum absolute atomic E-state index is 6.07. The van der Waals surface area contributed by atoms with Gasteiger partial charge in [-0.25, -0.2) is 4.98 Å². The predicted molar refractivity (Wildman–Crippen MR) is 63.4 cm³/mol. The van der Waals surface area contributed by atoms with Crippen molar-refractivity contribution >= 4 is 22.9 Å². The fourth-order valence-corrected chi connectivity index (χ4v) is 2.79. The van der Waals surface area contributed by atoms with E-state index < -0.39 is 0 Å². The van der Waals surface area contributed by atoms with Crippen LogP contribution in [0.3, 0.4) is 0 Å². The normalized spacial score (nSPS) is 12.6. The van der Waals surface area contributed by atoms with Crippen molar-refractivity contribution in [2.75, 3.05) is 7.11 Å². The third kappa shape index (κ3) is 1.37. The Morgan fingerprint density at radius 3 is 3.19 bits per heavy atom. The van der Waals surface area contributed by atoms with E-state index in [-0.39, 0.29) is 0 Å². The molecular weight excluding hydrogens is 246 g/mol. The predicted octanol–water partition coefficient (Wildman–Crippen LogP) is 3.36. The molecule has 82 valence electrons. The minimum atomic E-state index is 0.510. The number of nitrogens with zero attached hydrogens (tertiary/aromatic N) is 1. The van der Waals surface area contributed by atoms with Crippen LogP contribution < -0.4 is 9.47 Å².